The monoisotopic (exact) mass is 461 g/mol. The second-order valence-corrected chi connectivity index (χ2v) is 9.77. The number of Topliss-reactive ketones (excluding diaryl/α,β-unsaturated/α-hetero) is 1. The van der Waals surface area contributed by atoms with Crippen molar-refractivity contribution in [2.45, 2.75) is 39.0 Å². The Labute approximate surface area is 200 Å². The number of allylic oxidation sites excluding steroid dienone is 2. The van der Waals surface area contributed by atoms with Crippen molar-refractivity contribution in [3.05, 3.63) is 83.2 Å². The SMILES string of the molecule is C=C1NC2=C(C(=O)CC(C)(C)C2)C(c2ccc(O)c(OC)c2)C1C(=O)OCCc1ccccc1. The van der Waals surface area contributed by atoms with E-state index in [9.17, 15) is 14.7 Å². The summed E-state index contributed by atoms with van der Waals surface area (Å²) in [6.45, 7) is 8.49. The summed E-state index contributed by atoms with van der Waals surface area (Å²) in [7, 11) is 1.47. The maximum Gasteiger partial charge on any atom is 0.315 e. The zero-order valence-electron chi connectivity index (χ0n) is 19.9. The van der Waals surface area contributed by atoms with Gasteiger partial charge in [0.15, 0.2) is 17.3 Å². The third kappa shape index (κ3) is 4.72. The number of ether oxygens (including phenoxy) is 2. The number of aromatic hydroxyl groups is 1. The van der Waals surface area contributed by atoms with Crippen molar-refractivity contribution in [3.8, 4) is 11.5 Å². The Balaban J connectivity index is 1.69. The number of carbonyl (C=O) groups is 2. The molecule has 0 radical (unpaired) electrons. The summed E-state index contributed by atoms with van der Waals surface area (Å²) >= 11 is 0. The number of esters is 1. The minimum absolute atomic E-state index is 0.00498. The number of nitrogens with one attached hydrogen (secondary N) is 1. The standard InChI is InChI=1S/C28H31NO5/c1-17-24(27(32)34-13-12-18-8-6-5-7-9-18)25(19-10-11-21(30)23(14-19)33-4)26-20(29-17)15-28(2,3)16-22(26)31/h5-11,14,24-25,29-30H,1,12-13,15-16H2,2-4H3. The van der Waals surface area contributed by atoms with E-state index in [1.54, 1.807) is 12.1 Å². The Morgan fingerprint density at radius 2 is 1.91 bits per heavy atom. The largest absolute Gasteiger partial charge is 0.504 e. The van der Waals surface area contributed by atoms with Gasteiger partial charge < -0.3 is 19.9 Å². The van der Waals surface area contributed by atoms with Crippen molar-refractivity contribution >= 4 is 11.8 Å². The highest BCUT2D eigenvalue weighted by Crippen LogP contribution is 2.49. The van der Waals surface area contributed by atoms with Gasteiger partial charge in [-0.25, -0.2) is 0 Å². The van der Waals surface area contributed by atoms with Crippen LogP contribution in [0.2, 0.25) is 0 Å². The van der Waals surface area contributed by atoms with Crippen molar-refractivity contribution < 1.29 is 24.2 Å². The molecule has 0 saturated carbocycles. The molecule has 4 rings (SSSR count). The van der Waals surface area contributed by atoms with Gasteiger partial charge in [-0.3, -0.25) is 9.59 Å². The molecular formula is C28H31NO5. The molecule has 2 aromatic rings. The number of phenols is 1. The minimum atomic E-state index is -0.783. The molecule has 6 nitrogen and oxygen atoms in total. The number of hydrogen-bond donors (Lipinski definition) is 2. The van der Waals surface area contributed by atoms with Crippen LogP contribution >= 0.6 is 0 Å². The van der Waals surface area contributed by atoms with Crippen molar-refractivity contribution in [2.24, 2.45) is 11.3 Å². The molecular weight excluding hydrogens is 430 g/mol. The molecule has 1 heterocycles. The summed E-state index contributed by atoms with van der Waals surface area (Å²) in [6, 6.07) is 14.7. The number of phenolic OH excluding ortho intramolecular Hbond substituents is 1. The fraction of sp³-hybridized carbons (Fsp3) is 0.357. The van der Waals surface area contributed by atoms with E-state index in [0.29, 0.717) is 36.1 Å². The molecule has 0 aromatic heterocycles. The second-order valence-electron chi connectivity index (χ2n) is 9.77. The molecule has 2 N–H and O–H groups in total. The predicted molar refractivity (Wildman–Crippen MR) is 129 cm³/mol. The Morgan fingerprint density at radius 3 is 2.62 bits per heavy atom. The van der Waals surface area contributed by atoms with Crippen LogP contribution in [0.1, 0.15) is 43.7 Å². The first kappa shape index (κ1) is 23.6. The van der Waals surface area contributed by atoms with Crippen molar-refractivity contribution in [3.63, 3.8) is 0 Å². The summed E-state index contributed by atoms with van der Waals surface area (Å²) in [4.78, 5) is 26.7. The number of methoxy groups -OCH3 is 1. The third-order valence-electron chi connectivity index (χ3n) is 6.55. The first-order valence-electron chi connectivity index (χ1n) is 11.5. The molecule has 6 heteroatoms. The number of hydrogen-bond acceptors (Lipinski definition) is 6. The van der Waals surface area contributed by atoms with E-state index >= 15 is 0 Å². The molecule has 34 heavy (non-hydrogen) atoms. The fourth-order valence-corrected chi connectivity index (χ4v) is 4.98. The minimum Gasteiger partial charge on any atom is -0.504 e. The molecule has 0 amide bonds. The van der Waals surface area contributed by atoms with Gasteiger partial charge in [0.2, 0.25) is 0 Å². The van der Waals surface area contributed by atoms with Crippen molar-refractivity contribution in [2.75, 3.05) is 13.7 Å². The highest BCUT2D eigenvalue weighted by Gasteiger charge is 2.46. The lowest BCUT2D eigenvalue weighted by Crippen LogP contribution is -2.43. The molecule has 0 fully saturated rings. The summed E-state index contributed by atoms with van der Waals surface area (Å²) in [5.74, 6) is -1.52. The van der Waals surface area contributed by atoms with Crippen LogP contribution in [-0.4, -0.2) is 30.6 Å². The highest BCUT2D eigenvalue weighted by atomic mass is 16.5. The molecule has 0 spiro atoms. The van der Waals surface area contributed by atoms with Gasteiger partial charge in [0.1, 0.15) is 5.92 Å². The summed E-state index contributed by atoms with van der Waals surface area (Å²) in [5, 5.41) is 13.4. The number of rotatable bonds is 6. The lowest BCUT2D eigenvalue weighted by Gasteiger charge is -2.42. The zero-order valence-corrected chi connectivity index (χ0v) is 19.9. The fourth-order valence-electron chi connectivity index (χ4n) is 4.98. The van der Waals surface area contributed by atoms with Gasteiger partial charge >= 0.3 is 5.97 Å². The first-order chi connectivity index (χ1) is 16.2. The molecule has 2 atom stereocenters. The smallest absolute Gasteiger partial charge is 0.315 e. The molecule has 0 saturated heterocycles. The van der Waals surface area contributed by atoms with Crippen LogP contribution in [0.25, 0.3) is 0 Å². The quantitative estimate of drug-likeness (QED) is 0.610. The van der Waals surface area contributed by atoms with E-state index in [-0.39, 0.29) is 29.3 Å². The van der Waals surface area contributed by atoms with Gasteiger partial charge in [-0.1, -0.05) is 56.8 Å². The molecule has 178 valence electrons. The van der Waals surface area contributed by atoms with Crippen LogP contribution in [0.4, 0.5) is 0 Å². The summed E-state index contributed by atoms with van der Waals surface area (Å²) in [5.41, 5.74) is 3.48. The van der Waals surface area contributed by atoms with Gasteiger partial charge in [-0.15, -0.1) is 0 Å². The van der Waals surface area contributed by atoms with Gasteiger partial charge in [0.05, 0.1) is 13.7 Å². The lowest BCUT2D eigenvalue weighted by atomic mass is 9.66. The maximum atomic E-state index is 13.4. The number of ketones is 1. The van der Waals surface area contributed by atoms with Gasteiger partial charge in [-0.2, -0.15) is 0 Å². The lowest BCUT2D eigenvalue weighted by molar-refractivity contribution is -0.147. The van der Waals surface area contributed by atoms with Gasteiger partial charge in [0, 0.05) is 35.7 Å². The Morgan fingerprint density at radius 1 is 1.18 bits per heavy atom. The van der Waals surface area contributed by atoms with Crippen LogP contribution in [-0.2, 0) is 20.7 Å². The maximum absolute atomic E-state index is 13.4. The molecule has 0 bridgehead atoms. The summed E-state index contributed by atoms with van der Waals surface area (Å²) < 4.78 is 11.0. The average molecular weight is 462 g/mol. The molecule has 2 aromatic carbocycles. The van der Waals surface area contributed by atoms with Crippen LogP contribution in [0.15, 0.2) is 72.1 Å². The summed E-state index contributed by atoms with van der Waals surface area (Å²) in [6.07, 6.45) is 1.66. The first-order valence-corrected chi connectivity index (χ1v) is 11.5. The van der Waals surface area contributed by atoms with E-state index in [4.69, 9.17) is 9.47 Å². The molecule has 2 aliphatic rings. The Kier molecular flexibility index (Phi) is 6.51. The highest BCUT2D eigenvalue weighted by molar-refractivity contribution is 6.01. The van der Waals surface area contributed by atoms with E-state index in [2.05, 4.69) is 25.7 Å². The average Bonchev–Trinajstić information content (AvgIpc) is 2.78. The zero-order chi connectivity index (χ0) is 24.5. The van der Waals surface area contributed by atoms with E-state index < -0.39 is 17.8 Å². The Hall–Kier alpha value is -3.54. The topological polar surface area (TPSA) is 84.9 Å². The van der Waals surface area contributed by atoms with E-state index in [1.165, 1.54) is 13.2 Å². The second kappa shape index (κ2) is 9.37. The van der Waals surface area contributed by atoms with Gasteiger partial charge in [-0.05, 0) is 35.1 Å². The van der Waals surface area contributed by atoms with Crippen LogP contribution in [0.5, 0.6) is 11.5 Å². The van der Waals surface area contributed by atoms with Crippen LogP contribution < -0.4 is 10.1 Å². The third-order valence-corrected chi connectivity index (χ3v) is 6.55. The predicted octanol–water partition coefficient (Wildman–Crippen LogP) is 4.65. The van der Waals surface area contributed by atoms with Crippen molar-refractivity contribution in [1.82, 2.24) is 5.32 Å². The van der Waals surface area contributed by atoms with E-state index in [0.717, 1.165) is 11.3 Å². The number of carbonyl (C=O) groups excluding carboxylic acids is 2. The van der Waals surface area contributed by atoms with Gasteiger partial charge in [0.25, 0.3) is 0 Å². The number of benzene rings is 2. The molecule has 1 aliphatic heterocycles. The van der Waals surface area contributed by atoms with Crippen LogP contribution in [0.3, 0.4) is 0 Å². The van der Waals surface area contributed by atoms with Crippen molar-refractivity contribution in [1.29, 1.82) is 0 Å². The van der Waals surface area contributed by atoms with E-state index in [1.807, 2.05) is 30.3 Å². The Bertz CT molecular complexity index is 1150. The van der Waals surface area contributed by atoms with Crippen LogP contribution in [0, 0.1) is 11.3 Å². The molecule has 1 aliphatic carbocycles. The normalized spacial score (nSPS) is 21.5. The molecule has 2 unspecified atom stereocenters.